The largest absolute Gasteiger partial charge is 0.496 e. The second kappa shape index (κ2) is 7.45. The van der Waals surface area contributed by atoms with Gasteiger partial charge in [-0.25, -0.2) is 9.97 Å². The number of ether oxygens (including phenoxy) is 1. The lowest BCUT2D eigenvalue weighted by Crippen LogP contribution is -2.05. The SMILES string of the molecule is COc1ccccc1-c1nc(CSc2ccc(C(F)(F)F)cn2)cs1. The van der Waals surface area contributed by atoms with Gasteiger partial charge in [-0.15, -0.1) is 23.1 Å². The summed E-state index contributed by atoms with van der Waals surface area (Å²) in [6.07, 6.45) is -3.52. The van der Waals surface area contributed by atoms with Crippen molar-refractivity contribution in [3.8, 4) is 16.3 Å². The first-order chi connectivity index (χ1) is 12.0. The van der Waals surface area contributed by atoms with E-state index in [2.05, 4.69) is 9.97 Å². The summed E-state index contributed by atoms with van der Waals surface area (Å²) < 4.78 is 42.9. The zero-order chi connectivity index (χ0) is 17.9. The average Bonchev–Trinajstić information content (AvgIpc) is 3.08. The number of methoxy groups -OCH3 is 1. The molecule has 0 bridgehead atoms. The Hall–Kier alpha value is -2.06. The van der Waals surface area contributed by atoms with Crippen LogP contribution in [0.4, 0.5) is 13.2 Å². The molecule has 8 heteroatoms. The minimum absolute atomic E-state index is 0.528. The molecule has 25 heavy (non-hydrogen) atoms. The van der Waals surface area contributed by atoms with Crippen molar-refractivity contribution in [3.63, 3.8) is 0 Å². The lowest BCUT2D eigenvalue weighted by molar-refractivity contribution is -0.137. The third kappa shape index (κ3) is 4.32. The van der Waals surface area contributed by atoms with E-state index in [9.17, 15) is 13.2 Å². The van der Waals surface area contributed by atoms with Gasteiger partial charge in [-0.1, -0.05) is 12.1 Å². The van der Waals surface area contributed by atoms with Gasteiger partial charge in [0.25, 0.3) is 0 Å². The number of hydrogen-bond donors (Lipinski definition) is 0. The number of alkyl halides is 3. The van der Waals surface area contributed by atoms with Gasteiger partial charge in [0.15, 0.2) is 0 Å². The topological polar surface area (TPSA) is 35.0 Å². The normalized spacial score (nSPS) is 11.5. The number of halogens is 3. The van der Waals surface area contributed by atoms with Crippen LogP contribution in [0.1, 0.15) is 11.3 Å². The third-order valence-corrected chi connectivity index (χ3v) is 5.22. The number of para-hydroxylation sites is 1. The molecule has 3 aromatic rings. The Bertz CT molecular complexity index is 848. The summed E-state index contributed by atoms with van der Waals surface area (Å²) in [6.45, 7) is 0. The second-order valence-electron chi connectivity index (χ2n) is 5.02. The van der Waals surface area contributed by atoms with Crippen LogP contribution in [0.3, 0.4) is 0 Å². The average molecular weight is 382 g/mol. The number of nitrogens with zero attached hydrogens (tertiary/aromatic N) is 2. The van der Waals surface area contributed by atoms with Crippen LogP contribution in [0.25, 0.3) is 10.6 Å². The van der Waals surface area contributed by atoms with E-state index >= 15 is 0 Å². The molecule has 2 aromatic heterocycles. The molecule has 0 saturated heterocycles. The molecule has 0 aliphatic heterocycles. The molecular weight excluding hydrogens is 369 g/mol. The third-order valence-electron chi connectivity index (χ3n) is 3.32. The molecule has 0 radical (unpaired) electrons. The fraction of sp³-hybridized carbons (Fsp3) is 0.176. The van der Waals surface area contributed by atoms with E-state index < -0.39 is 11.7 Å². The number of pyridine rings is 1. The molecule has 0 atom stereocenters. The van der Waals surface area contributed by atoms with Crippen LogP contribution in [0, 0.1) is 0 Å². The number of aromatic nitrogens is 2. The van der Waals surface area contributed by atoms with Gasteiger partial charge >= 0.3 is 6.18 Å². The summed E-state index contributed by atoms with van der Waals surface area (Å²) in [5.41, 5.74) is 1.01. The van der Waals surface area contributed by atoms with Gasteiger partial charge in [-0.2, -0.15) is 13.2 Å². The molecule has 2 heterocycles. The Kier molecular flexibility index (Phi) is 5.29. The quantitative estimate of drug-likeness (QED) is 0.544. The van der Waals surface area contributed by atoms with E-state index in [1.165, 1.54) is 29.2 Å². The van der Waals surface area contributed by atoms with Gasteiger partial charge in [0.05, 0.1) is 29.0 Å². The highest BCUT2D eigenvalue weighted by atomic mass is 32.2. The minimum Gasteiger partial charge on any atom is -0.496 e. The van der Waals surface area contributed by atoms with Crippen molar-refractivity contribution in [2.75, 3.05) is 7.11 Å². The fourth-order valence-electron chi connectivity index (χ4n) is 2.10. The van der Waals surface area contributed by atoms with E-state index in [0.717, 1.165) is 34.3 Å². The van der Waals surface area contributed by atoms with Gasteiger partial charge in [0, 0.05) is 17.3 Å². The zero-order valence-electron chi connectivity index (χ0n) is 13.1. The molecular formula is C17H13F3N2OS2. The van der Waals surface area contributed by atoms with Gasteiger partial charge in [0.2, 0.25) is 0 Å². The maximum atomic E-state index is 12.5. The number of hydrogen-bond acceptors (Lipinski definition) is 5. The van der Waals surface area contributed by atoms with E-state index in [4.69, 9.17) is 4.74 Å². The molecule has 0 saturated carbocycles. The Morgan fingerprint density at radius 2 is 1.96 bits per heavy atom. The highest BCUT2D eigenvalue weighted by Crippen LogP contribution is 2.34. The van der Waals surface area contributed by atoms with Crippen molar-refractivity contribution in [2.45, 2.75) is 17.0 Å². The second-order valence-corrected chi connectivity index (χ2v) is 6.87. The molecule has 0 amide bonds. The van der Waals surface area contributed by atoms with Crippen LogP contribution < -0.4 is 4.74 Å². The fourth-order valence-corrected chi connectivity index (χ4v) is 3.79. The van der Waals surface area contributed by atoms with Crippen molar-refractivity contribution in [1.82, 2.24) is 9.97 Å². The first-order valence-electron chi connectivity index (χ1n) is 7.21. The molecule has 0 N–H and O–H groups in total. The van der Waals surface area contributed by atoms with Crippen LogP contribution in [0.2, 0.25) is 0 Å². The maximum Gasteiger partial charge on any atom is 0.417 e. The van der Waals surface area contributed by atoms with Crippen LogP contribution in [-0.4, -0.2) is 17.1 Å². The van der Waals surface area contributed by atoms with Crippen molar-refractivity contribution in [3.05, 3.63) is 59.2 Å². The van der Waals surface area contributed by atoms with E-state index in [0.29, 0.717) is 10.8 Å². The monoisotopic (exact) mass is 382 g/mol. The Balaban J connectivity index is 1.68. The molecule has 0 aliphatic rings. The lowest BCUT2D eigenvalue weighted by Gasteiger charge is -2.06. The Morgan fingerprint density at radius 1 is 1.16 bits per heavy atom. The maximum absolute atomic E-state index is 12.5. The van der Waals surface area contributed by atoms with E-state index in [-0.39, 0.29) is 0 Å². The number of thioether (sulfide) groups is 1. The standard InChI is InChI=1S/C17H13F3N2OS2/c1-23-14-5-3-2-4-13(14)16-22-12(10-25-16)9-24-15-7-6-11(8-21-15)17(18,19)20/h2-8,10H,9H2,1H3. The zero-order valence-corrected chi connectivity index (χ0v) is 14.7. The molecule has 0 aliphatic carbocycles. The van der Waals surface area contributed by atoms with Crippen molar-refractivity contribution < 1.29 is 17.9 Å². The van der Waals surface area contributed by atoms with Crippen LogP contribution >= 0.6 is 23.1 Å². The molecule has 1 aromatic carbocycles. The van der Waals surface area contributed by atoms with Gasteiger partial charge in [0.1, 0.15) is 10.8 Å². The van der Waals surface area contributed by atoms with Crippen LogP contribution in [0.15, 0.2) is 53.0 Å². The Morgan fingerprint density at radius 3 is 2.64 bits per heavy atom. The number of rotatable bonds is 5. The van der Waals surface area contributed by atoms with E-state index in [1.54, 1.807) is 7.11 Å². The van der Waals surface area contributed by atoms with Gasteiger partial charge < -0.3 is 4.74 Å². The first kappa shape index (κ1) is 17.8. The van der Waals surface area contributed by atoms with Gasteiger partial charge in [-0.05, 0) is 24.3 Å². The predicted molar refractivity (Wildman–Crippen MR) is 92.9 cm³/mol. The molecule has 0 spiro atoms. The minimum atomic E-state index is -4.37. The Labute approximate surface area is 150 Å². The van der Waals surface area contributed by atoms with Crippen LogP contribution in [0.5, 0.6) is 5.75 Å². The van der Waals surface area contributed by atoms with Crippen LogP contribution in [-0.2, 0) is 11.9 Å². The summed E-state index contributed by atoms with van der Waals surface area (Å²) in [5.74, 6) is 1.28. The smallest absolute Gasteiger partial charge is 0.417 e. The summed E-state index contributed by atoms with van der Waals surface area (Å²) in [4.78, 5) is 8.42. The van der Waals surface area contributed by atoms with Gasteiger partial charge in [-0.3, -0.25) is 0 Å². The first-order valence-corrected chi connectivity index (χ1v) is 9.08. The number of benzene rings is 1. The highest BCUT2D eigenvalue weighted by Gasteiger charge is 2.30. The van der Waals surface area contributed by atoms with Crippen molar-refractivity contribution >= 4 is 23.1 Å². The highest BCUT2D eigenvalue weighted by molar-refractivity contribution is 7.98. The summed E-state index contributed by atoms with van der Waals surface area (Å²) in [5, 5.41) is 3.30. The molecule has 0 fully saturated rings. The predicted octanol–water partition coefficient (Wildman–Crippen LogP) is 5.52. The molecule has 0 unspecified atom stereocenters. The number of thiazole rings is 1. The molecule has 130 valence electrons. The van der Waals surface area contributed by atoms with Crippen molar-refractivity contribution in [2.24, 2.45) is 0 Å². The summed E-state index contributed by atoms with van der Waals surface area (Å²) in [7, 11) is 1.61. The lowest BCUT2D eigenvalue weighted by atomic mass is 10.2. The van der Waals surface area contributed by atoms with E-state index in [1.807, 2.05) is 29.6 Å². The van der Waals surface area contributed by atoms with Crippen molar-refractivity contribution in [1.29, 1.82) is 0 Å². The summed E-state index contributed by atoms with van der Waals surface area (Å²) >= 11 is 2.85. The summed E-state index contributed by atoms with van der Waals surface area (Å²) in [6, 6.07) is 10.0. The molecule has 3 nitrogen and oxygen atoms in total. The molecule has 3 rings (SSSR count).